The van der Waals surface area contributed by atoms with Gasteiger partial charge < -0.3 is 0 Å². The van der Waals surface area contributed by atoms with Crippen molar-refractivity contribution >= 4 is 38.3 Å². The van der Waals surface area contributed by atoms with E-state index in [1.165, 1.54) is 15.2 Å². The summed E-state index contributed by atoms with van der Waals surface area (Å²) in [5, 5.41) is 0.480. The van der Waals surface area contributed by atoms with Crippen LogP contribution in [0.4, 0.5) is 5.69 Å². The van der Waals surface area contributed by atoms with Gasteiger partial charge in [0.05, 0.1) is 21.6 Å². The molecule has 0 radical (unpaired) electrons. The van der Waals surface area contributed by atoms with E-state index in [-0.39, 0.29) is 10.6 Å². The largest absolute Gasteiger partial charge is 0.328 e. The number of imidazole rings is 1. The van der Waals surface area contributed by atoms with Crippen molar-refractivity contribution in [3.63, 3.8) is 0 Å². The Balaban J connectivity index is 2.12. The standard InChI is InChI=1S/C17H18ClN3O3S/c1-10-8-14-15(21(4)17(22)20(14)3)9-13(10)19-25(23,24)16-6-5-12(18)7-11(16)2/h5-9,19H,1-4H3. The van der Waals surface area contributed by atoms with E-state index in [4.69, 9.17) is 11.6 Å². The van der Waals surface area contributed by atoms with Crippen molar-refractivity contribution in [2.75, 3.05) is 4.72 Å². The van der Waals surface area contributed by atoms with Crippen molar-refractivity contribution in [3.8, 4) is 0 Å². The van der Waals surface area contributed by atoms with E-state index in [1.54, 1.807) is 52.2 Å². The lowest BCUT2D eigenvalue weighted by Gasteiger charge is -2.13. The van der Waals surface area contributed by atoms with E-state index in [0.717, 1.165) is 11.1 Å². The number of anilines is 1. The Kier molecular flexibility index (Phi) is 4.17. The highest BCUT2D eigenvalue weighted by molar-refractivity contribution is 7.92. The van der Waals surface area contributed by atoms with Gasteiger partial charge in [-0.05, 0) is 55.3 Å². The quantitative estimate of drug-likeness (QED) is 0.760. The number of hydrogen-bond acceptors (Lipinski definition) is 3. The van der Waals surface area contributed by atoms with Crippen LogP contribution in [0.2, 0.25) is 5.02 Å². The highest BCUT2D eigenvalue weighted by Gasteiger charge is 2.19. The first-order valence-electron chi connectivity index (χ1n) is 7.57. The maximum Gasteiger partial charge on any atom is 0.328 e. The molecule has 2 aromatic carbocycles. The number of aryl methyl sites for hydroxylation is 4. The topological polar surface area (TPSA) is 73.1 Å². The summed E-state index contributed by atoms with van der Waals surface area (Å²) in [5.41, 5.74) is 2.96. The van der Waals surface area contributed by atoms with Gasteiger partial charge in [-0.15, -0.1) is 0 Å². The van der Waals surface area contributed by atoms with E-state index < -0.39 is 10.0 Å². The first kappa shape index (κ1) is 17.6. The van der Waals surface area contributed by atoms with Gasteiger partial charge in [0.25, 0.3) is 10.0 Å². The lowest BCUT2D eigenvalue weighted by molar-refractivity contribution is 0.600. The van der Waals surface area contributed by atoms with E-state index in [2.05, 4.69) is 4.72 Å². The number of fused-ring (bicyclic) bond motifs is 1. The molecule has 1 N–H and O–H groups in total. The molecule has 0 atom stereocenters. The lowest BCUT2D eigenvalue weighted by Crippen LogP contribution is -2.19. The molecule has 8 heteroatoms. The molecule has 0 amide bonds. The molecule has 0 saturated heterocycles. The van der Waals surface area contributed by atoms with Crippen LogP contribution in [-0.4, -0.2) is 17.6 Å². The van der Waals surface area contributed by atoms with Crippen LogP contribution in [-0.2, 0) is 24.1 Å². The van der Waals surface area contributed by atoms with Crippen molar-refractivity contribution in [1.29, 1.82) is 0 Å². The number of nitrogens with one attached hydrogen (secondary N) is 1. The fourth-order valence-electron chi connectivity index (χ4n) is 2.87. The van der Waals surface area contributed by atoms with E-state index in [0.29, 0.717) is 21.8 Å². The normalized spacial score (nSPS) is 11.9. The zero-order valence-corrected chi connectivity index (χ0v) is 15.9. The van der Waals surface area contributed by atoms with Gasteiger partial charge in [-0.25, -0.2) is 13.2 Å². The zero-order chi connectivity index (χ0) is 18.5. The van der Waals surface area contributed by atoms with Crippen LogP contribution in [0.15, 0.2) is 40.0 Å². The van der Waals surface area contributed by atoms with Crippen LogP contribution in [0.25, 0.3) is 11.0 Å². The number of sulfonamides is 1. The fourth-order valence-corrected chi connectivity index (χ4v) is 4.45. The molecule has 0 spiro atoms. The van der Waals surface area contributed by atoms with Crippen molar-refractivity contribution in [2.24, 2.45) is 14.1 Å². The number of rotatable bonds is 3. The second-order valence-electron chi connectivity index (χ2n) is 6.07. The molecule has 0 aliphatic rings. The molecule has 6 nitrogen and oxygen atoms in total. The van der Waals surface area contributed by atoms with Gasteiger partial charge >= 0.3 is 5.69 Å². The molecule has 0 saturated carbocycles. The molecular weight excluding hydrogens is 362 g/mol. The molecule has 3 aromatic rings. The second-order valence-corrected chi connectivity index (χ2v) is 8.16. The number of benzene rings is 2. The summed E-state index contributed by atoms with van der Waals surface area (Å²) in [7, 11) is -0.431. The number of halogens is 1. The summed E-state index contributed by atoms with van der Waals surface area (Å²) < 4.78 is 31.1. The maximum atomic E-state index is 12.8. The van der Waals surface area contributed by atoms with Gasteiger partial charge in [0, 0.05) is 19.1 Å². The number of aromatic nitrogens is 2. The molecule has 3 rings (SSSR count). The highest BCUT2D eigenvalue weighted by atomic mass is 35.5. The predicted octanol–water partition coefficient (Wildman–Crippen LogP) is 2.95. The molecule has 25 heavy (non-hydrogen) atoms. The summed E-state index contributed by atoms with van der Waals surface area (Å²) in [6.07, 6.45) is 0. The minimum Gasteiger partial charge on any atom is -0.295 e. The SMILES string of the molecule is Cc1cc2c(cc1NS(=O)(=O)c1ccc(Cl)cc1C)n(C)c(=O)n2C. The molecule has 1 heterocycles. The van der Waals surface area contributed by atoms with Crippen LogP contribution in [0.1, 0.15) is 11.1 Å². The summed E-state index contributed by atoms with van der Waals surface area (Å²) in [5.74, 6) is 0. The Bertz CT molecular complexity index is 1160. The average Bonchev–Trinajstić information content (AvgIpc) is 2.72. The van der Waals surface area contributed by atoms with Gasteiger partial charge in [-0.3, -0.25) is 13.9 Å². The molecule has 132 valence electrons. The monoisotopic (exact) mass is 379 g/mol. The summed E-state index contributed by atoms with van der Waals surface area (Å²) in [6, 6.07) is 8.09. The zero-order valence-electron chi connectivity index (χ0n) is 14.3. The van der Waals surface area contributed by atoms with Crippen LogP contribution < -0.4 is 10.4 Å². The Morgan fingerprint density at radius 3 is 2.16 bits per heavy atom. The van der Waals surface area contributed by atoms with Gasteiger partial charge in [0.1, 0.15) is 0 Å². The fraction of sp³-hybridized carbons (Fsp3) is 0.235. The third-order valence-electron chi connectivity index (χ3n) is 4.29. The lowest BCUT2D eigenvalue weighted by atomic mass is 10.2. The highest BCUT2D eigenvalue weighted by Crippen LogP contribution is 2.27. The third-order valence-corrected chi connectivity index (χ3v) is 6.05. The van der Waals surface area contributed by atoms with Gasteiger partial charge in [-0.1, -0.05) is 11.6 Å². The molecular formula is C17H18ClN3O3S. The Labute approximate surface area is 150 Å². The van der Waals surface area contributed by atoms with E-state index >= 15 is 0 Å². The minimum absolute atomic E-state index is 0.164. The Morgan fingerprint density at radius 1 is 0.960 bits per heavy atom. The van der Waals surface area contributed by atoms with E-state index in [1.807, 2.05) is 0 Å². The Hall–Kier alpha value is -2.25. The van der Waals surface area contributed by atoms with Gasteiger partial charge in [-0.2, -0.15) is 0 Å². The summed E-state index contributed by atoms with van der Waals surface area (Å²) >= 11 is 5.90. The maximum absolute atomic E-state index is 12.8. The summed E-state index contributed by atoms with van der Waals surface area (Å²) in [6.45, 7) is 3.49. The first-order chi connectivity index (χ1) is 11.6. The first-order valence-corrected chi connectivity index (χ1v) is 9.43. The summed E-state index contributed by atoms with van der Waals surface area (Å²) in [4.78, 5) is 12.2. The second kappa shape index (κ2) is 5.93. The van der Waals surface area contributed by atoms with Crippen molar-refractivity contribution in [3.05, 3.63) is 57.0 Å². The smallest absolute Gasteiger partial charge is 0.295 e. The van der Waals surface area contributed by atoms with E-state index in [9.17, 15) is 13.2 Å². The molecule has 0 aliphatic heterocycles. The molecule has 1 aromatic heterocycles. The van der Waals surface area contributed by atoms with Crippen molar-refractivity contribution in [2.45, 2.75) is 18.7 Å². The van der Waals surface area contributed by atoms with Crippen LogP contribution in [0.5, 0.6) is 0 Å². The third kappa shape index (κ3) is 2.94. The van der Waals surface area contributed by atoms with Crippen molar-refractivity contribution in [1.82, 2.24) is 9.13 Å². The van der Waals surface area contributed by atoms with Crippen LogP contribution >= 0.6 is 11.6 Å². The van der Waals surface area contributed by atoms with Gasteiger partial charge in [0.15, 0.2) is 0 Å². The molecule has 0 unspecified atom stereocenters. The molecule has 0 aliphatic carbocycles. The average molecular weight is 380 g/mol. The van der Waals surface area contributed by atoms with Crippen LogP contribution in [0, 0.1) is 13.8 Å². The number of hydrogen-bond donors (Lipinski definition) is 1. The van der Waals surface area contributed by atoms with Gasteiger partial charge in [0.2, 0.25) is 0 Å². The number of nitrogens with zero attached hydrogens (tertiary/aromatic N) is 2. The van der Waals surface area contributed by atoms with Crippen molar-refractivity contribution < 1.29 is 8.42 Å². The minimum atomic E-state index is -3.77. The molecule has 0 bridgehead atoms. The predicted molar refractivity (Wildman–Crippen MR) is 99.9 cm³/mol. The molecule has 0 fully saturated rings. The Morgan fingerprint density at radius 2 is 1.56 bits per heavy atom. The van der Waals surface area contributed by atoms with Crippen LogP contribution in [0.3, 0.4) is 0 Å².